The molecule has 122 valence electrons. The third-order valence-corrected chi connectivity index (χ3v) is 6.01. The molecule has 1 aromatic carbocycles. The third-order valence-electron chi connectivity index (χ3n) is 4.06. The summed E-state index contributed by atoms with van der Waals surface area (Å²) in [4.78, 5) is 14.6. The number of thioether (sulfide) groups is 1. The zero-order valence-electron chi connectivity index (χ0n) is 13.5. The predicted octanol–water partition coefficient (Wildman–Crippen LogP) is 4.87. The molecule has 1 N–H and O–H groups in total. The maximum Gasteiger partial charge on any atom is 0.249 e. The molecule has 0 atom stereocenters. The molecule has 0 saturated carbocycles. The monoisotopic (exact) mass is 354 g/mol. The Morgan fingerprint density at radius 3 is 2.75 bits per heavy atom. The maximum absolute atomic E-state index is 12.2. The number of amides is 1. The summed E-state index contributed by atoms with van der Waals surface area (Å²) in [6.45, 7) is 0. The van der Waals surface area contributed by atoms with Crippen LogP contribution in [0.5, 0.6) is 0 Å². The Kier molecular flexibility index (Phi) is 5.39. The Morgan fingerprint density at radius 2 is 2.04 bits per heavy atom. The van der Waals surface area contributed by atoms with Crippen molar-refractivity contribution in [1.29, 1.82) is 5.26 Å². The number of carbonyl (C=O) groups is 1. The van der Waals surface area contributed by atoms with Crippen molar-refractivity contribution in [2.75, 3.05) is 11.6 Å². The minimum atomic E-state index is -0.195. The summed E-state index contributed by atoms with van der Waals surface area (Å²) in [6.07, 6.45) is 9.60. The normalized spacial score (nSPS) is 13.5. The molecule has 1 aromatic heterocycles. The van der Waals surface area contributed by atoms with Gasteiger partial charge in [0.15, 0.2) is 0 Å². The van der Waals surface area contributed by atoms with Gasteiger partial charge in [-0.2, -0.15) is 5.26 Å². The second kappa shape index (κ2) is 7.69. The van der Waals surface area contributed by atoms with Crippen LogP contribution in [0.3, 0.4) is 0 Å². The zero-order valence-corrected chi connectivity index (χ0v) is 15.1. The molecule has 0 fully saturated rings. The summed E-state index contributed by atoms with van der Waals surface area (Å²) in [5.41, 5.74) is 2.77. The van der Waals surface area contributed by atoms with Crippen molar-refractivity contribution < 1.29 is 4.79 Å². The molecule has 0 radical (unpaired) electrons. The van der Waals surface area contributed by atoms with Crippen molar-refractivity contribution >= 4 is 40.1 Å². The predicted molar refractivity (Wildman–Crippen MR) is 102 cm³/mol. The van der Waals surface area contributed by atoms with Crippen molar-refractivity contribution in [2.45, 2.75) is 30.6 Å². The van der Waals surface area contributed by atoms with Gasteiger partial charge < -0.3 is 5.32 Å². The SMILES string of the molecule is CSc1ccc(/C=C/C(=O)Nc2sc3c(c2C#N)CCCC3)cc1. The smallest absolute Gasteiger partial charge is 0.249 e. The Morgan fingerprint density at radius 1 is 1.29 bits per heavy atom. The van der Waals surface area contributed by atoms with E-state index in [-0.39, 0.29) is 5.91 Å². The first-order valence-corrected chi connectivity index (χ1v) is 9.93. The molecule has 1 heterocycles. The average molecular weight is 355 g/mol. The van der Waals surface area contributed by atoms with Gasteiger partial charge in [-0.15, -0.1) is 23.1 Å². The number of benzene rings is 1. The van der Waals surface area contributed by atoms with E-state index >= 15 is 0 Å². The molecule has 0 bridgehead atoms. The van der Waals surface area contributed by atoms with Crippen LogP contribution in [0, 0.1) is 11.3 Å². The van der Waals surface area contributed by atoms with Crippen molar-refractivity contribution in [2.24, 2.45) is 0 Å². The van der Waals surface area contributed by atoms with E-state index in [2.05, 4.69) is 11.4 Å². The largest absolute Gasteiger partial charge is 0.313 e. The molecule has 3 nitrogen and oxygen atoms in total. The Hall–Kier alpha value is -2.03. The summed E-state index contributed by atoms with van der Waals surface area (Å²) in [5, 5.41) is 13.0. The number of thiophene rings is 1. The highest BCUT2D eigenvalue weighted by Crippen LogP contribution is 2.37. The molecule has 0 unspecified atom stereocenters. The number of hydrogen-bond acceptors (Lipinski definition) is 4. The zero-order chi connectivity index (χ0) is 16.9. The molecule has 3 rings (SSSR count). The topological polar surface area (TPSA) is 52.9 Å². The van der Waals surface area contributed by atoms with Gasteiger partial charge in [0.1, 0.15) is 11.1 Å². The van der Waals surface area contributed by atoms with Crippen LogP contribution in [0.25, 0.3) is 6.08 Å². The van der Waals surface area contributed by atoms with Gasteiger partial charge in [-0.1, -0.05) is 12.1 Å². The molecular formula is C19H18N2OS2. The highest BCUT2D eigenvalue weighted by Gasteiger charge is 2.21. The minimum absolute atomic E-state index is 0.195. The lowest BCUT2D eigenvalue weighted by molar-refractivity contribution is -0.111. The maximum atomic E-state index is 12.2. The van der Waals surface area contributed by atoms with E-state index in [1.165, 1.54) is 15.8 Å². The highest BCUT2D eigenvalue weighted by molar-refractivity contribution is 7.98. The van der Waals surface area contributed by atoms with Gasteiger partial charge in [0.25, 0.3) is 0 Å². The molecular weight excluding hydrogens is 336 g/mol. The van der Waals surface area contributed by atoms with Gasteiger partial charge in [-0.3, -0.25) is 4.79 Å². The van der Waals surface area contributed by atoms with Crippen molar-refractivity contribution in [3.05, 3.63) is 51.9 Å². The molecule has 1 aliphatic carbocycles. The van der Waals surface area contributed by atoms with Crippen LogP contribution in [-0.2, 0) is 17.6 Å². The molecule has 2 aromatic rings. The second-order valence-electron chi connectivity index (χ2n) is 5.62. The molecule has 1 aliphatic rings. The van der Waals surface area contributed by atoms with E-state index in [1.54, 1.807) is 29.2 Å². The Bertz CT molecular complexity index is 813. The van der Waals surface area contributed by atoms with Gasteiger partial charge in [0.05, 0.1) is 5.56 Å². The van der Waals surface area contributed by atoms with Gasteiger partial charge in [0, 0.05) is 15.8 Å². The van der Waals surface area contributed by atoms with E-state index < -0.39 is 0 Å². The number of rotatable bonds is 4. The lowest BCUT2D eigenvalue weighted by Crippen LogP contribution is -2.07. The van der Waals surface area contributed by atoms with Crippen LogP contribution >= 0.6 is 23.1 Å². The van der Waals surface area contributed by atoms with E-state index in [0.717, 1.165) is 36.8 Å². The van der Waals surface area contributed by atoms with Crippen molar-refractivity contribution in [3.8, 4) is 6.07 Å². The first-order chi connectivity index (χ1) is 11.7. The van der Waals surface area contributed by atoms with Crippen LogP contribution in [0.1, 0.15) is 34.4 Å². The average Bonchev–Trinajstić information content (AvgIpc) is 2.97. The van der Waals surface area contributed by atoms with Crippen molar-refractivity contribution in [3.63, 3.8) is 0 Å². The summed E-state index contributed by atoms with van der Waals surface area (Å²) in [5.74, 6) is -0.195. The number of nitriles is 1. The number of anilines is 1. The van der Waals surface area contributed by atoms with Crippen LogP contribution in [0.15, 0.2) is 35.2 Å². The summed E-state index contributed by atoms with van der Waals surface area (Å²) < 4.78 is 0. The van der Waals surface area contributed by atoms with Crippen LogP contribution in [0.4, 0.5) is 5.00 Å². The first-order valence-electron chi connectivity index (χ1n) is 7.89. The summed E-state index contributed by atoms with van der Waals surface area (Å²) >= 11 is 3.24. The molecule has 5 heteroatoms. The number of nitrogens with one attached hydrogen (secondary N) is 1. The van der Waals surface area contributed by atoms with Gasteiger partial charge in [0.2, 0.25) is 5.91 Å². The quantitative estimate of drug-likeness (QED) is 0.629. The molecule has 0 aliphatic heterocycles. The fraction of sp³-hybridized carbons (Fsp3) is 0.263. The third kappa shape index (κ3) is 3.72. The van der Waals surface area contributed by atoms with Crippen molar-refractivity contribution in [1.82, 2.24) is 0 Å². The van der Waals surface area contributed by atoms with Crippen LogP contribution in [-0.4, -0.2) is 12.2 Å². The fourth-order valence-electron chi connectivity index (χ4n) is 2.81. The number of aryl methyl sites for hydroxylation is 1. The molecule has 0 spiro atoms. The van der Waals surface area contributed by atoms with E-state index in [4.69, 9.17) is 0 Å². The van der Waals surface area contributed by atoms with Gasteiger partial charge in [-0.05, 0) is 61.3 Å². The lowest BCUT2D eigenvalue weighted by Gasteiger charge is -2.09. The fourth-order valence-corrected chi connectivity index (χ4v) is 4.46. The molecule has 1 amide bonds. The van der Waals surface area contributed by atoms with E-state index in [0.29, 0.717) is 10.6 Å². The number of fused-ring (bicyclic) bond motifs is 1. The van der Waals surface area contributed by atoms with Crippen LogP contribution in [0.2, 0.25) is 0 Å². The molecule has 24 heavy (non-hydrogen) atoms. The number of hydrogen-bond donors (Lipinski definition) is 1. The second-order valence-corrected chi connectivity index (χ2v) is 7.61. The standard InChI is InChI=1S/C19H18N2OS2/c1-23-14-9-6-13(7-10-14)8-11-18(22)21-19-16(12-20)15-4-2-3-5-17(15)24-19/h6-11H,2-5H2,1H3,(H,21,22)/b11-8+. The van der Waals surface area contributed by atoms with Gasteiger partial charge >= 0.3 is 0 Å². The Balaban J connectivity index is 1.71. The van der Waals surface area contributed by atoms with E-state index in [9.17, 15) is 10.1 Å². The summed E-state index contributed by atoms with van der Waals surface area (Å²) in [6, 6.07) is 10.3. The number of carbonyl (C=O) groups excluding carboxylic acids is 1. The highest BCUT2D eigenvalue weighted by atomic mass is 32.2. The van der Waals surface area contributed by atoms with Gasteiger partial charge in [-0.25, -0.2) is 0 Å². The van der Waals surface area contributed by atoms with Crippen LogP contribution < -0.4 is 5.32 Å². The minimum Gasteiger partial charge on any atom is -0.313 e. The summed E-state index contributed by atoms with van der Waals surface area (Å²) in [7, 11) is 0. The first kappa shape index (κ1) is 16.8. The lowest BCUT2D eigenvalue weighted by atomic mass is 9.96. The molecule has 0 saturated heterocycles. The van der Waals surface area contributed by atoms with E-state index in [1.807, 2.05) is 30.5 Å². The Labute approximate surface area is 150 Å². The number of nitrogens with zero attached hydrogens (tertiary/aromatic N) is 1.